The van der Waals surface area contributed by atoms with Gasteiger partial charge in [-0.25, -0.2) is 0 Å². The van der Waals surface area contributed by atoms with Gasteiger partial charge in [0.2, 0.25) is 5.91 Å². The summed E-state index contributed by atoms with van der Waals surface area (Å²) < 4.78 is 5.83. The summed E-state index contributed by atoms with van der Waals surface area (Å²) in [6.45, 7) is 1.65. The van der Waals surface area contributed by atoms with E-state index >= 15 is 0 Å². The van der Waals surface area contributed by atoms with Crippen LogP contribution in [0.15, 0.2) is 54.6 Å². The van der Waals surface area contributed by atoms with E-state index in [1.165, 1.54) is 18.4 Å². The highest BCUT2D eigenvalue weighted by molar-refractivity contribution is 5.76. The number of nitrogens with two attached hydrogens (primary N) is 1. The molecule has 0 spiro atoms. The second kappa shape index (κ2) is 8.67. The fourth-order valence-electron chi connectivity index (χ4n) is 3.45. The fourth-order valence-corrected chi connectivity index (χ4v) is 3.45. The molecule has 2 N–H and O–H groups in total. The molecular formula is C21H26N2O2. The summed E-state index contributed by atoms with van der Waals surface area (Å²) in [5, 5.41) is 0. The number of primary amides is 1. The summed E-state index contributed by atoms with van der Waals surface area (Å²) in [4.78, 5) is 13.6. The molecule has 0 heterocycles. The molecule has 3 rings (SSSR count). The predicted molar refractivity (Wildman–Crippen MR) is 99.1 cm³/mol. The molecule has 1 aliphatic rings. The molecule has 0 aromatic heterocycles. The van der Waals surface area contributed by atoms with Crippen molar-refractivity contribution in [1.29, 1.82) is 0 Å². The van der Waals surface area contributed by atoms with Crippen LogP contribution in [0, 0.1) is 0 Å². The topological polar surface area (TPSA) is 55.6 Å². The highest BCUT2D eigenvalue weighted by atomic mass is 16.5. The SMILES string of the molecule is NC(=O)CN(Cc1ccc(OCc2ccccc2)cc1)C1CCCC1. The molecule has 1 amide bonds. The molecular weight excluding hydrogens is 312 g/mol. The van der Waals surface area contributed by atoms with Gasteiger partial charge in [-0.15, -0.1) is 0 Å². The molecule has 0 bridgehead atoms. The Morgan fingerprint density at radius 1 is 1.00 bits per heavy atom. The second-order valence-corrected chi connectivity index (χ2v) is 6.73. The number of hydrogen-bond donors (Lipinski definition) is 1. The Balaban J connectivity index is 1.57. The first-order valence-electron chi connectivity index (χ1n) is 8.99. The van der Waals surface area contributed by atoms with E-state index < -0.39 is 0 Å². The monoisotopic (exact) mass is 338 g/mol. The molecule has 0 radical (unpaired) electrons. The zero-order valence-corrected chi connectivity index (χ0v) is 14.6. The number of benzene rings is 2. The molecule has 0 saturated heterocycles. The average Bonchev–Trinajstić information content (AvgIpc) is 3.16. The van der Waals surface area contributed by atoms with Crippen LogP contribution in [0.25, 0.3) is 0 Å². The minimum atomic E-state index is -0.255. The van der Waals surface area contributed by atoms with Crippen molar-refractivity contribution >= 4 is 5.91 Å². The molecule has 0 aliphatic heterocycles. The Morgan fingerprint density at radius 3 is 2.32 bits per heavy atom. The van der Waals surface area contributed by atoms with Gasteiger partial charge in [-0.3, -0.25) is 9.69 Å². The van der Waals surface area contributed by atoms with Gasteiger partial charge in [0.25, 0.3) is 0 Å². The minimum Gasteiger partial charge on any atom is -0.489 e. The Morgan fingerprint density at radius 2 is 1.68 bits per heavy atom. The first kappa shape index (κ1) is 17.5. The molecule has 2 aromatic rings. The van der Waals surface area contributed by atoms with Crippen LogP contribution in [0.4, 0.5) is 0 Å². The van der Waals surface area contributed by atoms with Crippen LogP contribution in [-0.2, 0) is 17.9 Å². The molecule has 1 fully saturated rings. The van der Waals surface area contributed by atoms with Gasteiger partial charge in [0.15, 0.2) is 0 Å². The standard InChI is InChI=1S/C21H26N2O2/c22-21(24)15-23(19-8-4-5-9-19)14-17-10-12-20(13-11-17)25-16-18-6-2-1-3-7-18/h1-3,6-7,10-13,19H,4-5,8-9,14-16H2,(H2,22,24). The van der Waals surface area contributed by atoms with E-state index in [4.69, 9.17) is 10.5 Å². The number of rotatable bonds is 8. The van der Waals surface area contributed by atoms with Crippen LogP contribution < -0.4 is 10.5 Å². The van der Waals surface area contributed by atoms with Gasteiger partial charge in [0, 0.05) is 12.6 Å². The van der Waals surface area contributed by atoms with Gasteiger partial charge < -0.3 is 10.5 Å². The molecule has 4 nitrogen and oxygen atoms in total. The first-order valence-corrected chi connectivity index (χ1v) is 8.99. The van der Waals surface area contributed by atoms with Crippen LogP contribution in [-0.4, -0.2) is 23.4 Å². The zero-order chi connectivity index (χ0) is 17.5. The van der Waals surface area contributed by atoms with Crippen molar-refractivity contribution in [2.75, 3.05) is 6.54 Å². The number of amides is 1. The third-order valence-corrected chi connectivity index (χ3v) is 4.76. The lowest BCUT2D eigenvalue weighted by Crippen LogP contribution is -2.39. The van der Waals surface area contributed by atoms with Crippen LogP contribution in [0.3, 0.4) is 0 Å². The Bertz CT molecular complexity index is 664. The maximum absolute atomic E-state index is 11.4. The predicted octanol–water partition coefficient (Wildman–Crippen LogP) is 3.50. The van der Waals surface area contributed by atoms with Crippen LogP contribution in [0.5, 0.6) is 5.75 Å². The lowest BCUT2D eigenvalue weighted by molar-refractivity contribution is -0.119. The second-order valence-electron chi connectivity index (χ2n) is 6.73. The molecule has 0 unspecified atom stereocenters. The first-order chi connectivity index (χ1) is 12.2. The molecule has 4 heteroatoms. The van der Waals surface area contributed by atoms with Gasteiger partial charge in [-0.05, 0) is 36.1 Å². The third-order valence-electron chi connectivity index (χ3n) is 4.76. The largest absolute Gasteiger partial charge is 0.489 e. The molecule has 1 saturated carbocycles. The Labute approximate surface area is 149 Å². The van der Waals surface area contributed by atoms with Crippen molar-refractivity contribution in [3.05, 3.63) is 65.7 Å². The van der Waals surface area contributed by atoms with Gasteiger partial charge in [0.05, 0.1) is 6.54 Å². The maximum Gasteiger partial charge on any atom is 0.231 e. The molecule has 132 valence electrons. The molecule has 2 aromatic carbocycles. The van der Waals surface area contributed by atoms with E-state index in [1.54, 1.807) is 0 Å². The van der Waals surface area contributed by atoms with E-state index in [2.05, 4.69) is 29.2 Å². The van der Waals surface area contributed by atoms with E-state index in [1.807, 2.05) is 30.3 Å². The maximum atomic E-state index is 11.4. The highest BCUT2D eigenvalue weighted by Crippen LogP contribution is 2.25. The molecule has 0 atom stereocenters. The summed E-state index contributed by atoms with van der Waals surface area (Å²) in [5.74, 6) is 0.602. The number of carbonyl (C=O) groups excluding carboxylic acids is 1. The summed E-state index contributed by atoms with van der Waals surface area (Å²) in [6.07, 6.45) is 4.80. The summed E-state index contributed by atoms with van der Waals surface area (Å²) >= 11 is 0. The molecule has 25 heavy (non-hydrogen) atoms. The van der Waals surface area contributed by atoms with Gasteiger partial charge in [0.1, 0.15) is 12.4 Å². The smallest absolute Gasteiger partial charge is 0.231 e. The Kier molecular flexibility index (Phi) is 6.07. The van der Waals surface area contributed by atoms with Crippen molar-refractivity contribution in [3.8, 4) is 5.75 Å². The van der Waals surface area contributed by atoms with Gasteiger partial charge in [-0.2, -0.15) is 0 Å². The number of ether oxygens (including phenoxy) is 1. The van der Waals surface area contributed by atoms with Gasteiger partial charge >= 0.3 is 0 Å². The van der Waals surface area contributed by atoms with E-state index in [0.29, 0.717) is 19.2 Å². The number of hydrogen-bond acceptors (Lipinski definition) is 3. The van der Waals surface area contributed by atoms with Crippen LogP contribution in [0.2, 0.25) is 0 Å². The molecule has 1 aliphatic carbocycles. The summed E-state index contributed by atoms with van der Waals surface area (Å²) in [6, 6.07) is 18.7. The van der Waals surface area contributed by atoms with Crippen molar-refractivity contribution < 1.29 is 9.53 Å². The van der Waals surface area contributed by atoms with E-state index in [9.17, 15) is 4.79 Å². The van der Waals surface area contributed by atoms with Crippen molar-refractivity contribution in [3.63, 3.8) is 0 Å². The lowest BCUT2D eigenvalue weighted by Gasteiger charge is -2.27. The van der Waals surface area contributed by atoms with Crippen LogP contribution in [0.1, 0.15) is 36.8 Å². The Hall–Kier alpha value is -2.33. The van der Waals surface area contributed by atoms with Crippen molar-refractivity contribution in [1.82, 2.24) is 4.90 Å². The van der Waals surface area contributed by atoms with E-state index in [0.717, 1.165) is 30.7 Å². The summed E-state index contributed by atoms with van der Waals surface area (Å²) in [5.41, 5.74) is 7.77. The van der Waals surface area contributed by atoms with Gasteiger partial charge in [-0.1, -0.05) is 55.3 Å². The minimum absolute atomic E-state index is 0.255. The number of nitrogens with zero attached hydrogens (tertiary/aromatic N) is 1. The summed E-state index contributed by atoms with van der Waals surface area (Å²) in [7, 11) is 0. The van der Waals surface area contributed by atoms with E-state index in [-0.39, 0.29) is 5.91 Å². The quantitative estimate of drug-likeness (QED) is 0.801. The normalized spacial score (nSPS) is 14.8. The van der Waals surface area contributed by atoms with Crippen molar-refractivity contribution in [2.45, 2.75) is 44.9 Å². The average molecular weight is 338 g/mol. The highest BCUT2D eigenvalue weighted by Gasteiger charge is 2.23. The lowest BCUT2D eigenvalue weighted by atomic mass is 10.1. The zero-order valence-electron chi connectivity index (χ0n) is 14.6. The van der Waals surface area contributed by atoms with Crippen molar-refractivity contribution in [2.24, 2.45) is 5.73 Å². The number of carbonyl (C=O) groups is 1. The third kappa shape index (κ3) is 5.33. The van der Waals surface area contributed by atoms with Crippen LogP contribution >= 0.6 is 0 Å². The fraction of sp³-hybridized carbons (Fsp3) is 0.381.